The predicted octanol–water partition coefficient (Wildman–Crippen LogP) is -1.88. The van der Waals surface area contributed by atoms with Gasteiger partial charge in [-0.3, -0.25) is 0 Å². The molecule has 1 saturated heterocycles. The number of hydrogen-bond donors (Lipinski definition) is 0. The number of hydrogen-bond acceptors (Lipinski definition) is 4. The van der Waals surface area contributed by atoms with Gasteiger partial charge in [0.1, 0.15) is 0 Å². The van der Waals surface area contributed by atoms with Crippen LogP contribution in [0.1, 0.15) is 0 Å². The largest absolute Gasteiger partial charge is 1.00 e. The first-order chi connectivity index (χ1) is 11.0. The Kier molecular flexibility index (Phi) is 28.3. The Labute approximate surface area is 193 Å². The van der Waals surface area contributed by atoms with Crippen LogP contribution in [0.2, 0.25) is 39.3 Å². The molecule has 0 amide bonds. The van der Waals surface area contributed by atoms with E-state index in [1.807, 2.05) is 0 Å². The molecule has 0 saturated carbocycles. The van der Waals surface area contributed by atoms with Gasteiger partial charge in [-0.05, 0) is 16.1 Å². The molecule has 0 aromatic carbocycles. The van der Waals surface area contributed by atoms with Gasteiger partial charge in [-0.2, -0.15) is 0 Å². The SMILES string of the molecule is COCCOC.COCCOC.C[Si](C)(C)[C-]1[PH2+][C-]([Si](C)(C)C)[PH2+]1.[Li+].[Li+]. The molecule has 0 bridgehead atoms. The Balaban J connectivity index is -0.000000149. The molecule has 0 atom stereocenters. The minimum Gasteiger partial charge on any atom is -0.382 e. The number of methoxy groups -OCH3 is 4. The van der Waals surface area contributed by atoms with Crippen LogP contribution >= 0.6 is 17.2 Å². The molecule has 1 aliphatic heterocycles. The van der Waals surface area contributed by atoms with E-state index in [0.717, 1.165) is 0 Å². The molecule has 0 unspecified atom stereocenters. The van der Waals surface area contributed by atoms with Crippen molar-refractivity contribution in [2.45, 2.75) is 39.3 Å². The minimum atomic E-state index is -0.802. The fraction of sp³-hybridized carbons (Fsp3) is 0.875. The Hall–Kier alpha value is 2.33. The van der Waals surface area contributed by atoms with Crippen LogP contribution < -0.4 is 37.7 Å². The van der Waals surface area contributed by atoms with E-state index in [1.54, 1.807) is 28.4 Å². The van der Waals surface area contributed by atoms with Crippen molar-refractivity contribution in [3.05, 3.63) is 10.0 Å². The molecule has 1 heterocycles. The van der Waals surface area contributed by atoms with Crippen molar-refractivity contribution in [3.8, 4) is 0 Å². The quantitative estimate of drug-likeness (QED) is 0.196. The van der Waals surface area contributed by atoms with Crippen molar-refractivity contribution < 1.29 is 56.7 Å². The molecule has 4 nitrogen and oxygen atoms in total. The van der Waals surface area contributed by atoms with E-state index < -0.39 is 16.1 Å². The van der Waals surface area contributed by atoms with Crippen molar-refractivity contribution in [1.82, 2.24) is 0 Å². The Morgan fingerprint density at radius 3 is 0.846 bits per heavy atom. The van der Waals surface area contributed by atoms with Crippen LogP contribution in [0.15, 0.2) is 0 Å². The Bertz CT molecular complexity index is 254. The second kappa shape index (κ2) is 20.6. The van der Waals surface area contributed by atoms with Gasteiger partial charge < -0.3 is 18.9 Å². The van der Waals surface area contributed by atoms with Crippen LogP contribution in [0.25, 0.3) is 0 Å². The van der Waals surface area contributed by atoms with Gasteiger partial charge in [0.25, 0.3) is 0 Å². The van der Waals surface area contributed by atoms with Gasteiger partial charge >= 0.3 is 37.7 Å². The van der Waals surface area contributed by atoms with Gasteiger partial charge in [0.2, 0.25) is 0 Å². The second-order valence-electron chi connectivity index (χ2n) is 7.67. The molecular weight excluding hydrogens is 388 g/mol. The maximum absolute atomic E-state index is 4.66. The van der Waals surface area contributed by atoms with Crippen LogP contribution in [0, 0.1) is 10.0 Å². The average Bonchev–Trinajstić information content (AvgIpc) is 2.39. The molecule has 0 aromatic rings. The third-order valence-electron chi connectivity index (χ3n) is 3.34. The summed E-state index contributed by atoms with van der Waals surface area (Å²) in [5, 5.41) is 4.14. The summed E-state index contributed by atoms with van der Waals surface area (Å²) >= 11 is 0. The third kappa shape index (κ3) is 21.0. The molecule has 1 rings (SSSR count). The van der Waals surface area contributed by atoms with E-state index in [2.05, 4.69) is 68.3 Å². The molecule has 148 valence electrons. The normalized spacial score (nSPS) is 16.4. The van der Waals surface area contributed by atoms with Crippen molar-refractivity contribution in [1.29, 1.82) is 0 Å². The second-order valence-corrected chi connectivity index (χ2v) is 24.5. The molecule has 26 heavy (non-hydrogen) atoms. The summed E-state index contributed by atoms with van der Waals surface area (Å²) in [6, 6.07) is 0. The van der Waals surface area contributed by atoms with Crippen LogP contribution in [-0.2, 0) is 18.9 Å². The van der Waals surface area contributed by atoms with Crippen molar-refractivity contribution in [3.63, 3.8) is 0 Å². The summed E-state index contributed by atoms with van der Waals surface area (Å²) in [5.41, 5.74) is 0. The molecule has 10 heteroatoms. The van der Waals surface area contributed by atoms with Crippen molar-refractivity contribution >= 4 is 33.3 Å². The van der Waals surface area contributed by atoms with Gasteiger partial charge in [-0.25, -0.2) is 17.2 Å². The van der Waals surface area contributed by atoms with E-state index >= 15 is 0 Å². The van der Waals surface area contributed by atoms with E-state index in [1.165, 1.54) is 0 Å². The zero-order chi connectivity index (χ0) is 19.2. The van der Waals surface area contributed by atoms with E-state index in [-0.39, 0.29) is 37.7 Å². The molecule has 0 aliphatic carbocycles. The van der Waals surface area contributed by atoms with Gasteiger partial charge in [0.05, 0.1) is 26.4 Å². The Morgan fingerprint density at radius 2 is 0.731 bits per heavy atom. The first-order valence-electron chi connectivity index (χ1n) is 8.44. The summed E-state index contributed by atoms with van der Waals surface area (Å²) in [5.74, 6) is 0. The summed E-state index contributed by atoms with van der Waals surface area (Å²) in [7, 11) is 6.42. The van der Waals surface area contributed by atoms with E-state index in [4.69, 9.17) is 0 Å². The van der Waals surface area contributed by atoms with Crippen molar-refractivity contribution in [2.75, 3.05) is 54.9 Å². The fourth-order valence-corrected chi connectivity index (χ4v) is 15.3. The zero-order valence-electron chi connectivity index (χ0n) is 19.6. The van der Waals surface area contributed by atoms with Gasteiger partial charge in [-0.1, -0.05) is 49.3 Å². The molecule has 1 aliphatic rings. The third-order valence-corrected chi connectivity index (χ3v) is 22.2. The topological polar surface area (TPSA) is 36.9 Å². The first-order valence-corrected chi connectivity index (χ1v) is 17.8. The Morgan fingerprint density at radius 1 is 0.538 bits per heavy atom. The van der Waals surface area contributed by atoms with E-state index in [0.29, 0.717) is 43.6 Å². The smallest absolute Gasteiger partial charge is 0.382 e. The summed E-state index contributed by atoms with van der Waals surface area (Å²) in [4.78, 5) is 0. The van der Waals surface area contributed by atoms with E-state index in [9.17, 15) is 0 Å². The monoisotopic (exact) mass is 430 g/mol. The first kappa shape index (κ1) is 35.7. The number of ether oxygens (including phenoxy) is 4. The van der Waals surface area contributed by atoms with Crippen LogP contribution in [0.4, 0.5) is 0 Å². The molecule has 0 spiro atoms. The molecule has 0 aromatic heterocycles. The van der Waals surface area contributed by atoms with Gasteiger partial charge in [-0.15, -0.1) is 0 Å². The maximum atomic E-state index is 4.66. The summed E-state index contributed by atoms with van der Waals surface area (Å²) < 4.78 is 18.6. The van der Waals surface area contributed by atoms with Crippen molar-refractivity contribution in [2.24, 2.45) is 0 Å². The van der Waals surface area contributed by atoms with Gasteiger partial charge in [0, 0.05) is 28.4 Å². The van der Waals surface area contributed by atoms with Gasteiger partial charge in [0.15, 0.2) is 0 Å². The summed E-state index contributed by atoms with van der Waals surface area (Å²) in [6.45, 7) is 17.9. The molecular formula is C16H42Li2O4P2Si2+2. The molecule has 0 radical (unpaired) electrons. The average molecular weight is 431 g/mol. The predicted molar refractivity (Wildman–Crippen MR) is 120 cm³/mol. The van der Waals surface area contributed by atoms with Crippen LogP contribution in [-0.4, -0.2) is 71.0 Å². The standard InChI is InChI=1S/C8H22P2Si2.2C4H10O2.2Li/c1-11(2,3)7-9-8(10-7)12(4,5)6;2*1-5-3-4-6-2;;/h9-10H2,1-6H3;2*3-4H2,1-2H3;;/q;;;2*+1. The molecule has 0 N–H and O–H groups in total. The minimum absolute atomic E-state index is 0. The summed E-state index contributed by atoms with van der Waals surface area (Å²) in [6.07, 6.45) is 0. The molecule has 1 fully saturated rings. The van der Waals surface area contributed by atoms with Crippen LogP contribution in [0.3, 0.4) is 0 Å². The zero-order valence-corrected chi connectivity index (χ0v) is 23.9. The maximum Gasteiger partial charge on any atom is 1.00 e. The fourth-order valence-electron chi connectivity index (χ4n) is 1.52. The number of rotatable bonds is 8. The van der Waals surface area contributed by atoms with Crippen LogP contribution in [0.5, 0.6) is 0 Å².